The fraction of sp³-hybridized carbons (Fsp3) is 0.700. The number of ether oxygens (including phenoxy) is 1. The molecule has 0 saturated carbocycles. The first kappa shape index (κ1) is 11.0. The average Bonchev–Trinajstić information content (AvgIpc) is 2.33. The Morgan fingerprint density at radius 2 is 2.07 bits per heavy atom. The zero-order chi connectivity index (χ0) is 10.8. The van der Waals surface area contributed by atoms with Gasteiger partial charge in [-0.3, -0.25) is 5.10 Å². The molecule has 1 rings (SSSR count). The lowest BCUT2D eigenvalue weighted by molar-refractivity contribution is 0.185. The first-order chi connectivity index (χ1) is 6.44. The molecule has 80 valence electrons. The van der Waals surface area contributed by atoms with Gasteiger partial charge in [0, 0.05) is 23.9 Å². The molecule has 4 nitrogen and oxygen atoms in total. The van der Waals surface area contributed by atoms with E-state index >= 15 is 0 Å². The Bertz CT molecular complexity index is 299. The molecule has 1 aromatic heterocycles. The number of anilines is 1. The van der Waals surface area contributed by atoms with Gasteiger partial charge in [0.25, 0.3) is 0 Å². The maximum Gasteiger partial charge on any atom is 0.154 e. The normalized spacial score (nSPS) is 11.8. The van der Waals surface area contributed by atoms with Crippen LogP contribution in [0.2, 0.25) is 0 Å². The van der Waals surface area contributed by atoms with E-state index in [9.17, 15) is 0 Å². The quantitative estimate of drug-likeness (QED) is 0.780. The van der Waals surface area contributed by atoms with Gasteiger partial charge in [-0.15, -0.1) is 0 Å². The lowest BCUT2D eigenvalue weighted by Gasteiger charge is -2.21. The SMILES string of the molecule is COCc1c(NC(C)(C)C)n[nH]c1C. The molecular weight excluding hydrogens is 178 g/mol. The van der Waals surface area contributed by atoms with Crippen molar-refractivity contribution in [3.63, 3.8) is 0 Å². The minimum atomic E-state index is 0.0180. The highest BCUT2D eigenvalue weighted by Gasteiger charge is 2.16. The molecule has 0 fully saturated rings. The minimum Gasteiger partial charge on any atom is -0.380 e. The maximum atomic E-state index is 5.12. The number of nitrogens with one attached hydrogen (secondary N) is 2. The molecule has 0 bridgehead atoms. The molecule has 0 aromatic carbocycles. The first-order valence-corrected chi connectivity index (χ1v) is 4.75. The molecule has 0 aliphatic heterocycles. The van der Waals surface area contributed by atoms with E-state index in [0.29, 0.717) is 6.61 Å². The van der Waals surface area contributed by atoms with Crippen LogP contribution < -0.4 is 5.32 Å². The molecule has 0 spiro atoms. The van der Waals surface area contributed by atoms with Gasteiger partial charge in [0.15, 0.2) is 5.82 Å². The van der Waals surface area contributed by atoms with Crippen LogP contribution in [0.3, 0.4) is 0 Å². The first-order valence-electron chi connectivity index (χ1n) is 4.75. The number of aryl methyl sites for hydroxylation is 1. The van der Waals surface area contributed by atoms with Gasteiger partial charge in [-0.1, -0.05) is 0 Å². The molecule has 2 N–H and O–H groups in total. The van der Waals surface area contributed by atoms with Crippen molar-refractivity contribution in [2.24, 2.45) is 0 Å². The second-order valence-corrected chi connectivity index (χ2v) is 4.48. The molecule has 0 aliphatic carbocycles. The monoisotopic (exact) mass is 197 g/mol. The second kappa shape index (κ2) is 4.00. The summed E-state index contributed by atoms with van der Waals surface area (Å²) in [6.45, 7) is 8.89. The van der Waals surface area contributed by atoms with Gasteiger partial charge in [-0.2, -0.15) is 5.10 Å². The summed E-state index contributed by atoms with van der Waals surface area (Å²) in [6, 6.07) is 0. The summed E-state index contributed by atoms with van der Waals surface area (Å²) >= 11 is 0. The Hall–Kier alpha value is -1.03. The van der Waals surface area contributed by atoms with Crippen molar-refractivity contribution in [3.8, 4) is 0 Å². The van der Waals surface area contributed by atoms with E-state index in [1.165, 1.54) is 0 Å². The molecule has 0 radical (unpaired) electrons. The van der Waals surface area contributed by atoms with E-state index in [1.54, 1.807) is 7.11 Å². The number of H-pyrrole nitrogens is 1. The van der Waals surface area contributed by atoms with Crippen LogP contribution in [0.5, 0.6) is 0 Å². The van der Waals surface area contributed by atoms with Crippen molar-refractivity contribution >= 4 is 5.82 Å². The lowest BCUT2D eigenvalue weighted by atomic mass is 10.1. The van der Waals surface area contributed by atoms with Crippen LogP contribution in [0.15, 0.2) is 0 Å². The Kier molecular flexibility index (Phi) is 3.16. The fourth-order valence-corrected chi connectivity index (χ4v) is 1.23. The predicted molar refractivity (Wildman–Crippen MR) is 57.4 cm³/mol. The third-order valence-corrected chi connectivity index (χ3v) is 1.86. The number of rotatable bonds is 3. The Morgan fingerprint density at radius 3 is 2.57 bits per heavy atom. The van der Waals surface area contributed by atoms with Gasteiger partial charge in [0.1, 0.15) is 0 Å². The Balaban J connectivity index is 2.86. The molecule has 4 heteroatoms. The van der Waals surface area contributed by atoms with E-state index in [-0.39, 0.29) is 5.54 Å². The molecule has 1 heterocycles. The van der Waals surface area contributed by atoms with E-state index < -0.39 is 0 Å². The Morgan fingerprint density at radius 1 is 1.43 bits per heavy atom. The number of aromatic nitrogens is 2. The number of hydrogen-bond donors (Lipinski definition) is 2. The van der Waals surface area contributed by atoms with Crippen LogP contribution in [-0.2, 0) is 11.3 Å². The van der Waals surface area contributed by atoms with E-state index in [2.05, 4.69) is 36.3 Å². The van der Waals surface area contributed by atoms with Crippen molar-refractivity contribution in [1.82, 2.24) is 10.2 Å². The largest absolute Gasteiger partial charge is 0.380 e. The number of methoxy groups -OCH3 is 1. The summed E-state index contributed by atoms with van der Waals surface area (Å²) < 4.78 is 5.12. The fourth-order valence-electron chi connectivity index (χ4n) is 1.23. The highest BCUT2D eigenvalue weighted by Crippen LogP contribution is 2.20. The standard InChI is InChI=1S/C10H19N3O/c1-7-8(6-14-5)9(13-12-7)11-10(2,3)4/h6H2,1-5H3,(H2,11,12,13). The van der Waals surface area contributed by atoms with Gasteiger partial charge in [0.2, 0.25) is 0 Å². The predicted octanol–water partition coefficient (Wildman–Crippen LogP) is 2.07. The summed E-state index contributed by atoms with van der Waals surface area (Å²) in [4.78, 5) is 0. The molecule has 14 heavy (non-hydrogen) atoms. The summed E-state index contributed by atoms with van der Waals surface area (Å²) in [5, 5.41) is 10.5. The number of hydrogen-bond acceptors (Lipinski definition) is 3. The van der Waals surface area contributed by atoms with Crippen molar-refractivity contribution < 1.29 is 4.74 Å². The molecule has 1 aromatic rings. The molecule has 0 amide bonds. The zero-order valence-electron chi connectivity index (χ0n) is 9.56. The van der Waals surface area contributed by atoms with Crippen LogP contribution in [0.4, 0.5) is 5.82 Å². The van der Waals surface area contributed by atoms with Crippen molar-refractivity contribution in [2.75, 3.05) is 12.4 Å². The van der Waals surface area contributed by atoms with Crippen LogP contribution >= 0.6 is 0 Å². The van der Waals surface area contributed by atoms with E-state index in [4.69, 9.17) is 4.74 Å². The maximum absolute atomic E-state index is 5.12. The minimum absolute atomic E-state index is 0.0180. The van der Waals surface area contributed by atoms with Crippen LogP contribution in [0.25, 0.3) is 0 Å². The summed E-state index contributed by atoms with van der Waals surface area (Å²) in [5.74, 6) is 0.886. The highest BCUT2D eigenvalue weighted by atomic mass is 16.5. The zero-order valence-corrected chi connectivity index (χ0v) is 9.56. The molecule has 0 aliphatic rings. The smallest absolute Gasteiger partial charge is 0.154 e. The van der Waals surface area contributed by atoms with E-state index in [0.717, 1.165) is 17.1 Å². The van der Waals surface area contributed by atoms with Crippen molar-refractivity contribution in [2.45, 2.75) is 39.8 Å². The number of aromatic amines is 1. The summed E-state index contributed by atoms with van der Waals surface area (Å²) in [7, 11) is 1.69. The van der Waals surface area contributed by atoms with Crippen molar-refractivity contribution in [1.29, 1.82) is 0 Å². The Labute approximate surface area is 85.0 Å². The second-order valence-electron chi connectivity index (χ2n) is 4.48. The van der Waals surface area contributed by atoms with Crippen LogP contribution in [0, 0.1) is 6.92 Å². The highest BCUT2D eigenvalue weighted by molar-refractivity contribution is 5.47. The molecule has 0 saturated heterocycles. The van der Waals surface area contributed by atoms with Crippen LogP contribution in [0.1, 0.15) is 32.0 Å². The van der Waals surface area contributed by atoms with Gasteiger partial charge >= 0.3 is 0 Å². The summed E-state index contributed by atoms with van der Waals surface area (Å²) in [5.41, 5.74) is 2.17. The third kappa shape index (κ3) is 2.73. The van der Waals surface area contributed by atoms with Crippen LogP contribution in [-0.4, -0.2) is 22.8 Å². The van der Waals surface area contributed by atoms with Gasteiger partial charge in [-0.25, -0.2) is 0 Å². The average molecular weight is 197 g/mol. The third-order valence-electron chi connectivity index (χ3n) is 1.86. The molecule has 0 unspecified atom stereocenters. The van der Waals surface area contributed by atoms with Gasteiger partial charge in [-0.05, 0) is 27.7 Å². The molecule has 0 atom stereocenters. The van der Waals surface area contributed by atoms with Gasteiger partial charge in [0.05, 0.1) is 6.61 Å². The number of nitrogens with zero attached hydrogens (tertiary/aromatic N) is 1. The van der Waals surface area contributed by atoms with E-state index in [1.807, 2.05) is 6.92 Å². The summed E-state index contributed by atoms with van der Waals surface area (Å²) in [6.07, 6.45) is 0. The lowest BCUT2D eigenvalue weighted by Crippen LogP contribution is -2.27. The van der Waals surface area contributed by atoms with Gasteiger partial charge < -0.3 is 10.1 Å². The topological polar surface area (TPSA) is 49.9 Å². The van der Waals surface area contributed by atoms with Crippen molar-refractivity contribution in [3.05, 3.63) is 11.3 Å². The molecular formula is C10H19N3O.